The molecular weight excluding hydrogens is 652 g/mol. The van der Waals surface area contributed by atoms with E-state index in [0.29, 0.717) is 13.2 Å². The number of rotatable bonds is 12. The van der Waals surface area contributed by atoms with Gasteiger partial charge in [0.05, 0.1) is 36.5 Å². The Morgan fingerprint density at radius 1 is 1.16 bits per heavy atom. The van der Waals surface area contributed by atoms with Crippen LogP contribution in [-0.4, -0.2) is 86.2 Å². The quantitative estimate of drug-likeness (QED) is 0.143. The number of piperidine rings is 1. The molecule has 49 heavy (non-hydrogen) atoms. The monoisotopic (exact) mass is 695 g/mol. The average molecular weight is 696 g/mol. The maximum Gasteiger partial charge on any atom is 0.433 e. The lowest BCUT2D eigenvalue weighted by Gasteiger charge is -2.52. The number of likely N-dealkylation sites (tertiary alicyclic amines) is 1. The maximum atomic E-state index is 13.4. The molecule has 1 saturated heterocycles. The number of nitriles is 1. The number of hydrogen-bond acceptors (Lipinski definition) is 9. The molecule has 4 aromatic rings. The summed E-state index contributed by atoms with van der Waals surface area (Å²) in [5.41, 5.74) is 1.22. The van der Waals surface area contributed by atoms with Crippen LogP contribution < -0.4 is 4.90 Å². The number of ether oxygens (including phenoxy) is 1. The summed E-state index contributed by atoms with van der Waals surface area (Å²) in [5.74, 6) is 0.215. The largest absolute Gasteiger partial charge is 0.433 e. The van der Waals surface area contributed by atoms with Gasteiger partial charge in [0.2, 0.25) is 0 Å². The zero-order valence-corrected chi connectivity index (χ0v) is 29.5. The van der Waals surface area contributed by atoms with Crippen molar-refractivity contribution in [3.8, 4) is 17.3 Å². The lowest BCUT2D eigenvalue weighted by molar-refractivity contribution is -0.141. The fourth-order valence-corrected chi connectivity index (χ4v) is 7.79. The third kappa shape index (κ3) is 7.52. The van der Waals surface area contributed by atoms with Gasteiger partial charge in [0, 0.05) is 70.2 Å². The van der Waals surface area contributed by atoms with Crippen LogP contribution in [0.1, 0.15) is 43.4 Å². The third-order valence-electron chi connectivity index (χ3n) is 10.0. The van der Waals surface area contributed by atoms with Gasteiger partial charge in [-0.05, 0) is 55.5 Å². The van der Waals surface area contributed by atoms with Crippen molar-refractivity contribution in [3.05, 3.63) is 54.4 Å². The normalized spacial score (nSPS) is 20.8. The lowest BCUT2D eigenvalue weighted by Crippen LogP contribution is -2.58. The van der Waals surface area contributed by atoms with Crippen molar-refractivity contribution in [2.75, 3.05) is 31.6 Å². The Morgan fingerprint density at radius 2 is 1.92 bits per heavy atom. The number of nitrogens with zero attached hydrogens (tertiary/aromatic N) is 9. The standard InChI is InChI=1S/C34H44F3N9O2Si/c1-43(30-16-24(21-47)15-29(42-30)34(35,36)37)26-5-10-44(11-6-26)27-17-33(18-27,8-9-38)46-20-25(19-41-46)31-28-7-12-45(32(28)40-22-39-31)23-48-13-14-49(2,3)4/h7,12,15-16,19-20,22,26-27,47H,5-6,8,10-11,13-14,17-18,21,23H2,1-4H3/t27-,33-. The van der Waals surface area contributed by atoms with E-state index < -0.39 is 32.1 Å². The van der Waals surface area contributed by atoms with Gasteiger partial charge in [-0.25, -0.2) is 15.0 Å². The number of alkyl halides is 3. The lowest BCUT2D eigenvalue weighted by atomic mass is 9.69. The minimum absolute atomic E-state index is 0.0210. The summed E-state index contributed by atoms with van der Waals surface area (Å²) in [6.07, 6.45) is 6.17. The number of aliphatic hydroxyl groups is 1. The van der Waals surface area contributed by atoms with Crippen LogP contribution in [0.4, 0.5) is 19.0 Å². The molecular formula is C34H44F3N9O2Si. The fourth-order valence-electron chi connectivity index (χ4n) is 7.03. The highest BCUT2D eigenvalue weighted by Crippen LogP contribution is 2.46. The molecule has 1 aliphatic heterocycles. The third-order valence-corrected chi connectivity index (χ3v) is 11.7. The summed E-state index contributed by atoms with van der Waals surface area (Å²) in [6, 6.07) is 8.20. The first-order valence-electron chi connectivity index (χ1n) is 16.8. The van der Waals surface area contributed by atoms with E-state index >= 15 is 0 Å². The molecule has 1 aliphatic carbocycles. The predicted octanol–water partition coefficient (Wildman–Crippen LogP) is 5.89. The van der Waals surface area contributed by atoms with E-state index in [1.807, 2.05) is 27.7 Å². The van der Waals surface area contributed by atoms with Crippen molar-refractivity contribution in [1.82, 2.24) is 34.2 Å². The Labute approximate surface area is 285 Å². The van der Waals surface area contributed by atoms with Crippen LogP contribution in [0.5, 0.6) is 0 Å². The summed E-state index contributed by atoms with van der Waals surface area (Å²) in [6.45, 7) is 9.23. The zero-order chi connectivity index (χ0) is 35.0. The molecule has 4 aromatic heterocycles. The summed E-state index contributed by atoms with van der Waals surface area (Å²) < 4.78 is 50.2. The van der Waals surface area contributed by atoms with Crippen molar-refractivity contribution in [2.24, 2.45) is 0 Å². The molecule has 6 rings (SSSR count). The van der Waals surface area contributed by atoms with E-state index in [1.165, 1.54) is 6.07 Å². The van der Waals surface area contributed by atoms with Crippen LogP contribution in [0.25, 0.3) is 22.3 Å². The van der Waals surface area contributed by atoms with Gasteiger partial charge in [0.15, 0.2) is 0 Å². The molecule has 0 bridgehead atoms. The Hall–Kier alpha value is -3.84. The highest BCUT2D eigenvalue weighted by atomic mass is 28.3. The summed E-state index contributed by atoms with van der Waals surface area (Å²) in [5, 5.41) is 25.0. The van der Waals surface area contributed by atoms with Crippen LogP contribution in [-0.2, 0) is 29.8 Å². The first-order chi connectivity index (χ1) is 23.3. The fraction of sp³-hybridized carbons (Fsp3) is 0.559. The molecule has 0 unspecified atom stereocenters. The number of halogens is 3. The second-order valence-corrected chi connectivity index (χ2v) is 20.3. The summed E-state index contributed by atoms with van der Waals surface area (Å²) in [7, 11) is 0.591. The highest BCUT2D eigenvalue weighted by molar-refractivity contribution is 6.76. The van der Waals surface area contributed by atoms with Crippen molar-refractivity contribution < 1.29 is 23.0 Å². The van der Waals surface area contributed by atoms with Crippen LogP contribution in [0.3, 0.4) is 0 Å². The molecule has 0 atom stereocenters. The number of pyridine rings is 1. The van der Waals surface area contributed by atoms with Crippen LogP contribution >= 0.6 is 0 Å². The molecule has 15 heteroatoms. The Kier molecular flexibility index (Phi) is 9.87. The van der Waals surface area contributed by atoms with E-state index in [-0.39, 0.29) is 23.5 Å². The van der Waals surface area contributed by atoms with E-state index in [0.717, 1.165) is 79.8 Å². The molecule has 0 radical (unpaired) electrons. The average Bonchev–Trinajstić information content (AvgIpc) is 3.71. The van der Waals surface area contributed by atoms with Gasteiger partial charge in [-0.3, -0.25) is 4.68 Å². The van der Waals surface area contributed by atoms with Crippen LogP contribution in [0.2, 0.25) is 25.7 Å². The molecule has 0 aromatic carbocycles. The van der Waals surface area contributed by atoms with Crippen molar-refractivity contribution >= 4 is 24.9 Å². The number of fused-ring (bicyclic) bond motifs is 1. The number of hydrogen-bond donors (Lipinski definition) is 1. The number of aromatic nitrogens is 6. The second-order valence-electron chi connectivity index (χ2n) is 14.6. The van der Waals surface area contributed by atoms with E-state index in [4.69, 9.17) is 9.84 Å². The van der Waals surface area contributed by atoms with Crippen molar-refractivity contribution in [3.63, 3.8) is 0 Å². The second kappa shape index (κ2) is 13.8. The van der Waals surface area contributed by atoms with Gasteiger partial charge < -0.3 is 24.2 Å². The highest BCUT2D eigenvalue weighted by Gasteiger charge is 2.49. The minimum atomic E-state index is -4.59. The number of anilines is 1. The van der Waals surface area contributed by atoms with E-state index in [2.05, 4.69) is 45.6 Å². The Balaban J connectivity index is 1.09. The SMILES string of the molecule is CN(c1cc(CO)cc(C(F)(F)F)n1)C1CCN([C@H]2C[C@](CC#N)(n3cc(-c4ncnc5c4ccn5COCC[Si](C)(C)C)cn3)C2)CC1. The molecule has 11 nitrogen and oxygen atoms in total. The van der Waals surface area contributed by atoms with E-state index in [1.54, 1.807) is 24.5 Å². The van der Waals surface area contributed by atoms with Gasteiger partial charge in [-0.15, -0.1) is 0 Å². The molecule has 1 N–H and O–H groups in total. The molecule has 2 fully saturated rings. The minimum Gasteiger partial charge on any atom is -0.392 e. The molecule has 0 amide bonds. The topological polar surface area (TPSA) is 121 Å². The first kappa shape index (κ1) is 35.0. The molecule has 2 aliphatic rings. The van der Waals surface area contributed by atoms with Gasteiger partial charge >= 0.3 is 6.18 Å². The Bertz CT molecular complexity index is 1800. The summed E-state index contributed by atoms with van der Waals surface area (Å²) >= 11 is 0. The Morgan fingerprint density at radius 3 is 2.59 bits per heavy atom. The van der Waals surface area contributed by atoms with Crippen LogP contribution in [0.15, 0.2) is 43.1 Å². The van der Waals surface area contributed by atoms with Gasteiger partial charge in [0.25, 0.3) is 0 Å². The smallest absolute Gasteiger partial charge is 0.392 e. The van der Waals surface area contributed by atoms with E-state index in [9.17, 15) is 23.5 Å². The molecule has 1 saturated carbocycles. The van der Waals surface area contributed by atoms with Crippen molar-refractivity contribution in [2.45, 2.75) is 94.9 Å². The predicted molar refractivity (Wildman–Crippen MR) is 182 cm³/mol. The summed E-state index contributed by atoms with van der Waals surface area (Å²) in [4.78, 5) is 17.2. The molecule has 0 spiro atoms. The van der Waals surface area contributed by atoms with Crippen molar-refractivity contribution in [1.29, 1.82) is 5.26 Å². The maximum absolute atomic E-state index is 13.4. The molecule has 5 heterocycles. The molecule has 262 valence electrons. The number of aliphatic hydroxyl groups excluding tert-OH is 1. The van der Waals surface area contributed by atoms with Crippen LogP contribution in [0, 0.1) is 11.3 Å². The zero-order valence-electron chi connectivity index (χ0n) is 28.5. The van der Waals surface area contributed by atoms with Gasteiger partial charge in [0.1, 0.15) is 30.2 Å². The van der Waals surface area contributed by atoms with Gasteiger partial charge in [-0.1, -0.05) is 19.6 Å². The van der Waals surface area contributed by atoms with Gasteiger partial charge in [-0.2, -0.15) is 23.5 Å². The first-order valence-corrected chi connectivity index (χ1v) is 20.5.